The second kappa shape index (κ2) is 11.2. The van der Waals surface area contributed by atoms with Crippen molar-refractivity contribution in [3.63, 3.8) is 0 Å². The van der Waals surface area contributed by atoms with E-state index in [-0.39, 0.29) is 24.4 Å². The molecule has 1 saturated heterocycles. The third-order valence-corrected chi connectivity index (χ3v) is 3.77. The summed E-state index contributed by atoms with van der Waals surface area (Å²) in [6, 6.07) is -0.322. The second-order valence-electron chi connectivity index (χ2n) is 5.95. The number of ether oxygens (including phenoxy) is 1. The molecule has 0 aromatic rings. The van der Waals surface area contributed by atoms with Crippen molar-refractivity contribution < 1.29 is 9.53 Å². The van der Waals surface area contributed by atoms with Crippen LogP contribution in [0.25, 0.3) is 0 Å². The highest BCUT2D eigenvalue weighted by molar-refractivity contribution is 5.85. The maximum Gasteiger partial charge on any atom is 0.239 e. The lowest BCUT2D eigenvalue weighted by molar-refractivity contribution is -0.135. The van der Waals surface area contributed by atoms with Gasteiger partial charge in [-0.3, -0.25) is 4.79 Å². The first-order chi connectivity index (χ1) is 9.54. The first-order valence-electron chi connectivity index (χ1n) is 7.85. The Hall–Kier alpha value is -0.360. The van der Waals surface area contributed by atoms with Crippen molar-refractivity contribution in [2.45, 2.75) is 51.2 Å². The number of hydrogen-bond acceptors (Lipinski definition) is 4. The summed E-state index contributed by atoms with van der Waals surface area (Å²) in [6.07, 6.45) is 4.98. The van der Waals surface area contributed by atoms with E-state index in [1.54, 1.807) is 0 Å². The zero-order valence-corrected chi connectivity index (χ0v) is 14.5. The Labute approximate surface area is 135 Å². The fourth-order valence-electron chi connectivity index (χ4n) is 2.54. The van der Waals surface area contributed by atoms with Crippen molar-refractivity contribution in [1.82, 2.24) is 9.80 Å². The number of nitrogens with two attached hydrogens (primary N) is 1. The number of amides is 1. The average molecular weight is 322 g/mol. The molecule has 1 aliphatic rings. The van der Waals surface area contributed by atoms with Gasteiger partial charge in [0.05, 0.1) is 12.1 Å². The van der Waals surface area contributed by atoms with Crippen LogP contribution in [0.15, 0.2) is 0 Å². The number of nitrogens with zero attached hydrogens (tertiary/aromatic N) is 2. The Morgan fingerprint density at radius 3 is 2.52 bits per heavy atom. The van der Waals surface area contributed by atoms with Gasteiger partial charge >= 0.3 is 0 Å². The number of piperidine rings is 1. The molecule has 1 atom stereocenters. The SMILES string of the molecule is CCCC(N)C(=O)N1CCC(OCCCN(C)C)CC1.Cl. The summed E-state index contributed by atoms with van der Waals surface area (Å²) >= 11 is 0. The lowest BCUT2D eigenvalue weighted by Gasteiger charge is -2.33. The molecule has 0 spiro atoms. The molecule has 0 bridgehead atoms. The van der Waals surface area contributed by atoms with Crippen LogP contribution >= 0.6 is 12.4 Å². The van der Waals surface area contributed by atoms with Gasteiger partial charge in [0.1, 0.15) is 0 Å². The normalized spacial score (nSPS) is 17.7. The summed E-state index contributed by atoms with van der Waals surface area (Å²) in [4.78, 5) is 16.2. The van der Waals surface area contributed by atoms with Crippen LogP contribution in [0.1, 0.15) is 39.0 Å². The standard InChI is InChI=1S/C15H31N3O2.ClH/c1-4-6-14(16)15(19)18-10-7-13(8-11-18)20-12-5-9-17(2)3;/h13-14H,4-12,16H2,1-3H3;1H. The quantitative estimate of drug-likeness (QED) is 0.688. The molecule has 1 fully saturated rings. The van der Waals surface area contributed by atoms with Gasteiger partial charge in [-0.2, -0.15) is 0 Å². The van der Waals surface area contributed by atoms with Crippen LogP contribution < -0.4 is 5.73 Å². The molecule has 1 rings (SSSR count). The molecular formula is C15H32ClN3O2. The molecule has 21 heavy (non-hydrogen) atoms. The summed E-state index contributed by atoms with van der Waals surface area (Å²) in [5, 5.41) is 0. The molecule has 2 N–H and O–H groups in total. The Balaban J connectivity index is 0.00000400. The Bertz CT molecular complexity index is 282. The summed E-state index contributed by atoms with van der Waals surface area (Å²) in [7, 11) is 4.15. The highest BCUT2D eigenvalue weighted by Crippen LogP contribution is 2.15. The van der Waals surface area contributed by atoms with Gasteiger partial charge in [0, 0.05) is 19.7 Å². The molecule has 0 aromatic carbocycles. The van der Waals surface area contributed by atoms with E-state index in [1.807, 2.05) is 4.90 Å². The van der Waals surface area contributed by atoms with E-state index in [0.717, 1.165) is 58.3 Å². The van der Waals surface area contributed by atoms with E-state index < -0.39 is 0 Å². The molecule has 1 heterocycles. The first kappa shape index (κ1) is 20.6. The van der Waals surface area contributed by atoms with Crippen LogP contribution in [0.4, 0.5) is 0 Å². The number of rotatable bonds is 8. The second-order valence-corrected chi connectivity index (χ2v) is 5.95. The van der Waals surface area contributed by atoms with E-state index in [4.69, 9.17) is 10.5 Å². The van der Waals surface area contributed by atoms with E-state index in [0.29, 0.717) is 6.10 Å². The van der Waals surface area contributed by atoms with Crippen LogP contribution in [-0.4, -0.2) is 68.2 Å². The highest BCUT2D eigenvalue weighted by atomic mass is 35.5. The van der Waals surface area contributed by atoms with Gasteiger partial charge in [0.2, 0.25) is 5.91 Å². The van der Waals surface area contributed by atoms with Crippen LogP contribution in [0, 0.1) is 0 Å². The van der Waals surface area contributed by atoms with Crippen molar-refractivity contribution in [2.24, 2.45) is 5.73 Å². The molecule has 0 aliphatic carbocycles. The Kier molecular flexibility index (Phi) is 11.0. The molecular weight excluding hydrogens is 290 g/mol. The van der Waals surface area contributed by atoms with Gasteiger partial charge in [0.15, 0.2) is 0 Å². The van der Waals surface area contributed by atoms with Crippen molar-refractivity contribution in [2.75, 3.05) is 40.3 Å². The van der Waals surface area contributed by atoms with E-state index in [9.17, 15) is 4.79 Å². The minimum Gasteiger partial charge on any atom is -0.378 e. The van der Waals surface area contributed by atoms with Crippen LogP contribution in [-0.2, 0) is 9.53 Å². The van der Waals surface area contributed by atoms with Crippen molar-refractivity contribution in [3.8, 4) is 0 Å². The molecule has 1 unspecified atom stereocenters. The van der Waals surface area contributed by atoms with Gasteiger partial charge in [-0.15, -0.1) is 12.4 Å². The summed E-state index contributed by atoms with van der Waals surface area (Å²) in [5.74, 6) is 0.109. The predicted molar refractivity (Wildman–Crippen MR) is 88.9 cm³/mol. The lowest BCUT2D eigenvalue weighted by Crippen LogP contribution is -2.48. The smallest absolute Gasteiger partial charge is 0.239 e. The summed E-state index contributed by atoms with van der Waals surface area (Å²) in [5.41, 5.74) is 5.89. The minimum atomic E-state index is -0.322. The fraction of sp³-hybridized carbons (Fsp3) is 0.933. The summed E-state index contributed by atoms with van der Waals surface area (Å²) in [6.45, 7) is 5.50. The maximum absolute atomic E-state index is 12.1. The Morgan fingerprint density at radius 1 is 1.38 bits per heavy atom. The van der Waals surface area contributed by atoms with Crippen LogP contribution in [0.3, 0.4) is 0 Å². The number of halogens is 1. The van der Waals surface area contributed by atoms with Crippen molar-refractivity contribution in [3.05, 3.63) is 0 Å². The number of carbonyl (C=O) groups is 1. The van der Waals surface area contributed by atoms with Gasteiger partial charge in [-0.1, -0.05) is 13.3 Å². The van der Waals surface area contributed by atoms with Crippen LogP contribution in [0.2, 0.25) is 0 Å². The molecule has 1 aliphatic heterocycles. The zero-order valence-electron chi connectivity index (χ0n) is 13.7. The number of carbonyl (C=O) groups excluding carboxylic acids is 1. The van der Waals surface area contributed by atoms with Gasteiger partial charge in [-0.05, 0) is 46.3 Å². The lowest BCUT2D eigenvalue weighted by atomic mass is 10.1. The van der Waals surface area contributed by atoms with Gasteiger partial charge < -0.3 is 20.3 Å². The highest BCUT2D eigenvalue weighted by Gasteiger charge is 2.26. The van der Waals surface area contributed by atoms with E-state index in [2.05, 4.69) is 25.9 Å². The van der Waals surface area contributed by atoms with E-state index >= 15 is 0 Å². The fourth-order valence-corrected chi connectivity index (χ4v) is 2.54. The average Bonchev–Trinajstić information content (AvgIpc) is 2.43. The molecule has 0 saturated carbocycles. The van der Waals surface area contributed by atoms with Crippen molar-refractivity contribution >= 4 is 18.3 Å². The molecule has 0 aromatic heterocycles. The monoisotopic (exact) mass is 321 g/mol. The zero-order chi connectivity index (χ0) is 15.0. The largest absolute Gasteiger partial charge is 0.378 e. The summed E-state index contributed by atoms with van der Waals surface area (Å²) < 4.78 is 5.87. The maximum atomic E-state index is 12.1. The molecule has 6 heteroatoms. The first-order valence-corrected chi connectivity index (χ1v) is 7.85. The minimum absolute atomic E-state index is 0. The van der Waals surface area contributed by atoms with Crippen LogP contribution in [0.5, 0.6) is 0 Å². The van der Waals surface area contributed by atoms with Gasteiger partial charge in [0.25, 0.3) is 0 Å². The predicted octanol–water partition coefficient (Wildman–Crippen LogP) is 1.49. The van der Waals surface area contributed by atoms with E-state index in [1.165, 1.54) is 0 Å². The molecule has 126 valence electrons. The number of likely N-dealkylation sites (tertiary alicyclic amines) is 1. The topological polar surface area (TPSA) is 58.8 Å². The Morgan fingerprint density at radius 2 is 2.00 bits per heavy atom. The molecule has 0 radical (unpaired) electrons. The third kappa shape index (κ3) is 8.00. The third-order valence-electron chi connectivity index (χ3n) is 3.77. The van der Waals surface area contributed by atoms with Gasteiger partial charge in [-0.25, -0.2) is 0 Å². The number of hydrogen-bond donors (Lipinski definition) is 1. The van der Waals surface area contributed by atoms with Crippen molar-refractivity contribution in [1.29, 1.82) is 0 Å². The molecule has 5 nitrogen and oxygen atoms in total. The molecule has 1 amide bonds.